The Morgan fingerprint density at radius 2 is 1.88 bits per heavy atom. The molecule has 0 amide bonds. The monoisotopic (exact) mass is 765 g/mol. The van der Waals surface area contributed by atoms with Crippen LogP contribution in [0.2, 0.25) is 0 Å². The van der Waals surface area contributed by atoms with Gasteiger partial charge in [0.2, 0.25) is 0 Å². The summed E-state index contributed by atoms with van der Waals surface area (Å²) in [4.78, 5) is 70.7. The minimum atomic E-state index is -5.81. The summed E-state index contributed by atoms with van der Waals surface area (Å²) in [6.45, 7) is -2.14. The molecule has 5 atom stereocenters. The summed E-state index contributed by atoms with van der Waals surface area (Å²) >= 11 is 0. The lowest BCUT2D eigenvalue weighted by Crippen LogP contribution is -2.29. The average molecular weight is 765 g/mol. The van der Waals surface area contributed by atoms with Gasteiger partial charge in [0.15, 0.2) is 6.61 Å². The third-order valence-corrected chi connectivity index (χ3v) is 9.84. The second-order valence-corrected chi connectivity index (χ2v) is 13.8. The van der Waals surface area contributed by atoms with E-state index in [1.165, 1.54) is 25.3 Å². The molecular formula is C22H26N9O16P3. The Bertz CT molecular complexity index is 1950. The number of carbonyl (C=O) groups is 1. The van der Waals surface area contributed by atoms with Crippen molar-refractivity contribution in [1.29, 1.82) is 0 Å². The standard InChI is InChI=1S/C22H26N9O16P3/c1-41-15-4-5-16(14(7-15)9-26-29-24)21(32)42-6-2-3-13-10-31(22(33)28-20(13)23)19-8-17(43-12-27-30-25)18(45-19)11-44-49(37,38)47-50(39,40)46-48(34,35)36/h4-5,7,10,17-19H,6,8-9,11-12H2,1H3,(H,37,38)(H,39,40)(H2,23,28,33)(H2,34,35,36)/t17-,18-,19-/m1/s1. The molecule has 50 heavy (non-hydrogen) atoms. The van der Waals surface area contributed by atoms with E-state index in [-0.39, 0.29) is 29.9 Å². The van der Waals surface area contributed by atoms with Gasteiger partial charge >= 0.3 is 35.1 Å². The number of anilines is 1. The van der Waals surface area contributed by atoms with Crippen molar-refractivity contribution in [3.63, 3.8) is 0 Å². The molecular weight excluding hydrogens is 739 g/mol. The second-order valence-electron chi connectivity index (χ2n) is 9.34. The number of nitrogens with zero attached hydrogens (tertiary/aromatic N) is 8. The zero-order chi connectivity index (χ0) is 37.1. The summed E-state index contributed by atoms with van der Waals surface area (Å²) in [7, 11) is -15.6. The van der Waals surface area contributed by atoms with Crippen LogP contribution in [0.3, 0.4) is 0 Å². The third kappa shape index (κ3) is 12.2. The Morgan fingerprint density at radius 3 is 2.54 bits per heavy atom. The van der Waals surface area contributed by atoms with Crippen molar-refractivity contribution in [3.05, 3.63) is 72.5 Å². The van der Waals surface area contributed by atoms with E-state index in [9.17, 15) is 33.1 Å². The van der Waals surface area contributed by atoms with Crippen LogP contribution in [0, 0.1) is 11.8 Å². The zero-order valence-corrected chi connectivity index (χ0v) is 27.9. The van der Waals surface area contributed by atoms with Gasteiger partial charge in [-0.1, -0.05) is 22.1 Å². The van der Waals surface area contributed by atoms with Crippen molar-refractivity contribution in [2.24, 2.45) is 10.2 Å². The molecule has 0 spiro atoms. The topological polar surface area (TPSA) is 372 Å². The predicted molar refractivity (Wildman–Crippen MR) is 163 cm³/mol. The number of hydrogen-bond acceptors (Lipinski definition) is 16. The molecule has 6 N–H and O–H groups in total. The fourth-order valence-electron chi connectivity index (χ4n) is 4.05. The highest BCUT2D eigenvalue weighted by molar-refractivity contribution is 7.66. The summed E-state index contributed by atoms with van der Waals surface area (Å²) in [6.07, 6.45) is -2.80. The maximum Gasteiger partial charge on any atom is 0.490 e. The number of phosphoric ester groups is 1. The predicted octanol–water partition coefficient (Wildman–Crippen LogP) is 2.14. The van der Waals surface area contributed by atoms with E-state index in [1.54, 1.807) is 0 Å². The molecule has 1 aliphatic heterocycles. The minimum absolute atomic E-state index is 0.0268. The Labute approximate surface area is 279 Å². The average Bonchev–Trinajstić information content (AvgIpc) is 3.42. The number of esters is 1. The minimum Gasteiger partial charge on any atom is -0.497 e. The van der Waals surface area contributed by atoms with Crippen LogP contribution in [-0.2, 0) is 47.6 Å². The van der Waals surface area contributed by atoms with Crippen LogP contribution in [0.5, 0.6) is 5.75 Å². The first-order chi connectivity index (χ1) is 23.5. The second kappa shape index (κ2) is 17.6. The van der Waals surface area contributed by atoms with Gasteiger partial charge < -0.3 is 44.3 Å². The van der Waals surface area contributed by atoms with Gasteiger partial charge in [0, 0.05) is 22.4 Å². The number of methoxy groups -OCH3 is 1. The van der Waals surface area contributed by atoms with Gasteiger partial charge in [-0.15, -0.1) is 0 Å². The molecule has 1 aromatic heterocycles. The summed E-state index contributed by atoms with van der Waals surface area (Å²) in [5, 5.41) is 6.64. The van der Waals surface area contributed by atoms with Crippen molar-refractivity contribution in [2.75, 3.05) is 32.8 Å². The number of ether oxygens (including phenoxy) is 4. The van der Waals surface area contributed by atoms with E-state index in [4.69, 9.17) is 45.5 Å². The molecule has 3 rings (SSSR count). The molecule has 2 heterocycles. The summed E-state index contributed by atoms with van der Waals surface area (Å²) in [5.74, 6) is 4.44. The molecule has 270 valence electrons. The Morgan fingerprint density at radius 1 is 1.16 bits per heavy atom. The zero-order valence-electron chi connectivity index (χ0n) is 25.3. The van der Waals surface area contributed by atoms with Gasteiger partial charge in [-0.3, -0.25) is 9.09 Å². The molecule has 2 unspecified atom stereocenters. The molecule has 0 bridgehead atoms. The highest BCUT2D eigenvalue weighted by Gasteiger charge is 2.43. The van der Waals surface area contributed by atoms with Crippen molar-refractivity contribution in [1.82, 2.24) is 9.55 Å². The van der Waals surface area contributed by atoms with Gasteiger partial charge in [-0.25, -0.2) is 23.3 Å². The van der Waals surface area contributed by atoms with Crippen molar-refractivity contribution >= 4 is 35.3 Å². The number of carbonyl (C=O) groups excluding carboxylic acids is 1. The van der Waals surface area contributed by atoms with E-state index in [0.717, 1.165) is 10.8 Å². The largest absolute Gasteiger partial charge is 0.497 e. The third-order valence-electron chi connectivity index (χ3n) is 6.03. The van der Waals surface area contributed by atoms with Crippen LogP contribution < -0.4 is 16.2 Å². The van der Waals surface area contributed by atoms with E-state index in [2.05, 4.69) is 50.0 Å². The first-order valence-electron chi connectivity index (χ1n) is 13.3. The van der Waals surface area contributed by atoms with Crippen LogP contribution in [0.4, 0.5) is 5.82 Å². The van der Waals surface area contributed by atoms with Gasteiger partial charge in [0.25, 0.3) is 0 Å². The molecule has 1 fully saturated rings. The summed E-state index contributed by atoms with van der Waals surface area (Å²) in [5.41, 5.74) is 22.5. The Balaban J connectivity index is 1.75. The number of hydrogen-bond donors (Lipinski definition) is 5. The molecule has 0 radical (unpaired) electrons. The fourth-order valence-corrected chi connectivity index (χ4v) is 7.08. The summed E-state index contributed by atoms with van der Waals surface area (Å²) < 4.78 is 68.9. The molecule has 0 aliphatic carbocycles. The van der Waals surface area contributed by atoms with Crippen molar-refractivity contribution < 1.29 is 70.2 Å². The highest BCUT2D eigenvalue weighted by Crippen LogP contribution is 2.66. The smallest absolute Gasteiger partial charge is 0.490 e. The number of nitrogens with two attached hydrogens (primary N) is 1. The van der Waals surface area contributed by atoms with Gasteiger partial charge in [0.05, 0.1) is 37.5 Å². The maximum atomic E-state index is 12.7. The number of rotatable bonds is 16. The molecule has 1 aromatic carbocycles. The highest BCUT2D eigenvalue weighted by atomic mass is 31.3. The van der Waals surface area contributed by atoms with Crippen LogP contribution in [-0.4, -0.2) is 74.4 Å². The SMILES string of the molecule is COc1ccc(C(=O)OCC#Cc2cn([C@H]3C[C@@H](OCN=[N+]=[N-])[C@@H](COP(=O)(O)OP(=O)(O)OP(=O)(O)O)O3)c(=O)nc2N)c(CN=[N+]=[N-])c1. The van der Waals surface area contributed by atoms with E-state index < -0.39 is 73.5 Å². The number of azide groups is 2. The first-order valence-corrected chi connectivity index (χ1v) is 17.8. The normalized spacial score (nSPS) is 19.4. The lowest BCUT2D eigenvalue weighted by atomic mass is 10.1. The van der Waals surface area contributed by atoms with Crippen LogP contribution in [0.15, 0.2) is 39.4 Å². The van der Waals surface area contributed by atoms with Crippen LogP contribution in [0.1, 0.15) is 34.1 Å². The van der Waals surface area contributed by atoms with Crippen molar-refractivity contribution in [3.8, 4) is 17.6 Å². The maximum absolute atomic E-state index is 12.7. The number of nitrogen functional groups attached to an aromatic ring is 1. The van der Waals surface area contributed by atoms with E-state index in [1.807, 2.05) is 0 Å². The van der Waals surface area contributed by atoms with Gasteiger partial charge in [-0.2, -0.15) is 13.6 Å². The first kappa shape index (κ1) is 40.1. The molecule has 1 saturated heterocycles. The quantitative estimate of drug-likeness (QED) is 0.0408. The fraction of sp³-hybridized carbons (Fsp3) is 0.409. The Kier molecular flexibility index (Phi) is 14.1. The lowest BCUT2D eigenvalue weighted by Gasteiger charge is -2.21. The van der Waals surface area contributed by atoms with E-state index in [0.29, 0.717) is 11.3 Å². The molecule has 28 heteroatoms. The van der Waals surface area contributed by atoms with Crippen LogP contribution in [0.25, 0.3) is 20.9 Å². The summed E-state index contributed by atoms with van der Waals surface area (Å²) in [6, 6.07) is 4.41. The van der Waals surface area contributed by atoms with E-state index >= 15 is 0 Å². The Hall–Kier alpha value is -4.32. The van der Waals surface area contributed by atoms with Crippen LogP contribution >= 0.6 is 23.5 Å². The number of benzene rings is 1. The van der Waals surface area contributed by atoms with Gasteiger partial charge in [0.1, 0.15) is 30.6 Å². The number of aromatic nitrogens is 2. The van der Waals surface area contributed by atoms with Crippen molar-refractivity contribution in [2.45, 2.75) is 31.4 Å². The lowest BCUT2D eigenvalue weighted by molar-refractivity contribution is -0.0601. The molecule has 25 nitrogen and oxygen atoms in total. The van der Waals surface area contributed by atoms with Gasteiger partial charge in [-0.05, 0) is 34.8 Å². The molecule has 1 aliphatic rings. The molecule has 0 saturated carbocycles. The number of phosphoric acid groups is 3. The molecule has 2 aromatic rings.